The Hall–Kier alpha value is -0.500. The minimum absolute atomic E-state index is 0.308. The average molecular weight is 311 g/mol. The molecule has 0 aliphatic heterocycles. The molecule has 0 spiro atoms. The molecule has 3 N–H and O–H groups in total. The molecule has 0 amide bonds. The number of rotatable bonds is 13. The van der Waals surface area contributed by atoms with Crippen molar-refractivity contribution in [1.29, 1.82) is 0 Å². The van der Waals surface area contributed by atoms with Gasteiger partial charge in [0.25, 0.3) is 0 Å². The molecule has 0 bridgehead atoms. The molecule has 0 aliphatic carbocycles. The van der Waals surface area contributed by atoms with E-state index in [2.05, 4.69) is 52.9 Å². The Kier molecular flexibility index (Phi) is 12.7. The number of hydrogen-bond donors (Lipinski definition) is 2. The summed E-state index contributed by atoms with van der Waals surface area (Å²) in [5, 5.41) is 3.73. The van der Waals surface area contributed by atoms with Crippen molar-refractivity contribution in [3.05, 3.63) is 11.8 Å². The number of allylic oxidation sites excluding steroid dienone is 2. The highest BCUT2D eigenvalue weighted by Gasteiger charge is 2.18. The molecule has 22 heavy (non-hydrogen) atoms. The van der Waals surface area contributed by atoms with E-state index in [0.29, 0.717) is 17.9 Å². The molecule has 0 aromatic carbocycles. The molecule has 0 rings (SSSR count). The maximum atomic E-state index is 5.95. The summed E-state index contributed by atoms with van der Waals surface area (Å²) in [5.41, 5.74) is 7.42. The molecule has 2 heteroatoms. The van der Waals surface area contributed by atoms with Crippen LogP contribution in [0.3, 0.4) is 0 Å². The van der Waals surface area contributed by atoms with E-state index in [1.807, 2.05) is 0 Å². The van der Waals surface area contributed by atoms with Gasteiger partial charge in [-0.3, -0.25) is 0 Å². The van der Waals surface area contributed by atoms with Crippen LogP contribution in [0.1, 0.15) is 86.5 Å². The summed E-state index contributed by atoms with van der Waals surface area (Å²) in [5.74, 6) is 2.08. The van der Waals surface area contributed by atoms with Crippen LogP contribution in [0, 0.1) is 17.8 Å². The topological polar surface area (TPSA) is 38.0 Å². The van der Waals surface area contributed by atoms with Crippen LogP contribution in [0.4, 0.5) is 0 Å². The molecule has 0 aliphatic rings. The van der Waals surface area contributed by atoms with Crippen LogP contribution in [-0.4, -0.2) is 12.6 Å². The standard InChI is InChI=1S/C20H42N2/c1-7-10-14-19(9-3)17(5)20(12-8-2)22-15-11-13-16(4)18(6)21/h12,16-19,22H,7-11,13-15,21H2,1-6H3/b20-12+. The van der Waals surface area contributed by atoms with Gasteiger partial charge in [-0.05, 0) is 50.4 Å². The van der Waals surface area contributed by atoms with E-state index < -0.39 is 0 Å². The Morgan fingerprint density at radius 1 is 1.05 bits per heavy atom. The zero-order chi connectivity index (χ0) is 17.0. The Bertz CT molecular complexity index is 283. The molecule has 0 heterocycles. The van der Waals surface area contributed by atoms with Gasteiger partial charge < -0.3 is 11.1 Å². The smallest absolute Gasteiger partial charge is 0.0144 e. The summed E-state index contributed by atoms with van der Waals surface area (Å²) >= 11 is 0. The third kappa shape index (κ3) is 8.82. The van der Waals surface area contributed by atoms with E-state index in [1.165, 1.54) is 44.2 Å². The summed E-state index contributed by atoms with van der Waals surface area (Å²) in [7, 11) is 0. The molecular weight excluding hydrogens is 268 g/mol. The second-order valence-electron chi connectivity index (χ2n) is 7.07. The first kappa shape index (κ1) is 21.5. The quantitative estimate of drug-likeness (QED) is 0.442. The lowest BCUT2D eigenvalue weighted by molar-refractivity contribution is 0.339. The van der Waals surface area contributed by atoms with Crippen molar-refractivity contribution in [2.24, 2.45) is 23.5 Å². The maximum Gasteiger partial charge on any atom is 0.0144 e. The van der Waals surface area contributed by atoms with Gasteiger partial charge in [0.05, 0.1) is 0 Å². The third-order valence-corrected chi connectivity index (χ3v) is 5.14. The van der Waals surface area contributed by atoms with Crippen LogP contribution in [0.25, 0.3) is 0 Å². The van der Waals surface area contributed by atoms with E-state index in [-0.39, 0.29) is 0 Å². The van der Waals surface area contributed by atoms with Gasteiger partial charge in [0.2, 0.25) is 0 Å². The van der Waals surface area contributed by atoms with E-state index in [9.17, 15) is 0 Å². The average Bonchev–Trinajstić information content (AvgIpc) is 2.50. The first-order valence-electron chi connectivity index (χ1n) is 9.67. The van der Waals surface area contributed by atoms with Gasteiger partial charge in [-0.25, -0.2) is 0 Å². The normalized spacial score (nSPS) is 17.9. The fourth-order valence-corrected chi connectivity index (χ4v) is 3.09. The zero-order valence-electron chi connectivity index (χ0n) is 16.1. The summed E-state index contributed by atoms with van der Waals surface area (Å²) < 4.78 is 0. The predicted molar refractivity (Wildman–Crippen MR) is 101 cm³/mol. The van der Waals surface area contributed by atoms with Crippen molar-refractivity contribution in [2.45, 2.75) is 92.5 Å². The molecule has 0 radical (unpaired) electrons. The van der Waals surface area contributed by atoms with Gasteiger partial charge in [-0.15, -0.1) is 0 Å². The summed E-state index contributed by atoms with van der Waals surface area (Å²) in [6.45, 7) is 14.7. The van der Waals surface area contributed by atoms with Crippen LogP contribution >= 0.6 is 0 Å². The lowest BCUT2D eigenvalue weighted by Gasteiger charge is -2.27. The van der Waals surface area contributed by atoms with Crippen molar-refractivity contribution in [3.8, 4) is 0 Å². The van der Waals surface area contributed by atoms with Gasteiger partial charge >= 0.3 is 0 Å². The van der Waals surface area contributed by atoms with Gasteiger partial charge in [-0.2, -0.15) is 0 Å². The van der Waals surface area contributed by atoms with Crippen LogP contribution in [0.2, 0.25) is 0 Å². The third-order valence-electron chi connectivity index (χ3n) is 5.14. The number of unbranched alkanes of at least 4 members (excludes halogenated alkanes) is 1. The zero-order valence-corrected chi connectivity index (χ0v) is 16.1. The molecule has 132 valence electrons. The lowest BCUT2D eigenvalue weighted by Crippen LogP contribution is -2.27. The SMILES string of the molecule is CC/C=C(/NCCCC(C)C(C)N)C(C)C(CC)CCCC. The molecule has 0 saturated heterocycles. The van der Waals surface area contributed by atoms with E-state index in [1.54, 1.807) is 0 Å². The number of nitrogens with two attached hydrogens (primary N) is 1. The van der Waals surface area contributed by atoms with Gasteiger partial charge in [0.1, 0.15) is 0 Å². The largest absolute Gasteiger partial charge is 0.388 e. The van der Waals surface area contributed by atoms with Crippen LogP contribution in [0.5, 0.6) is 0 Å². The van der Waals surface area contributed by atoms with Gasteiger partial charge in [-0.1, -0.05) is 60.0 Å². The fraction of sp³-hybridized carbons (Fsp3) is 0.900. The molecule has 4 atom stereocenters. The highest BCUT2D eigenvalue weighted by Crippen LogP contribution is 2.27. The molecule has 0 aromatic heterocycles. The molecule has 0 fully saturated rings. The van der Waals surface area contributed by atoms with Crippen molar-refractivity contribution >= 4 is 0 Å². The Morgan fingerprint density at radius 3 is 2.23 bits per heavy atom. The van der Waals surface area contributed by atoms with Crippen molar-refractivity contribution in [3.63, 3.8) is 0 Å². The Balaban J connectivity index is 4.37. The maximum absolute atomic E-state index is 5.95. The minimum atomic E-state index is 0.308. The molecule has 4 unspecified atom stereocenters. The molecule has 0 saturated carbocycles. The number of nitrogens with one attached hydrogen (secondary N) is 1. The lowest BCUT2D eigenvalue weighted by atomic mass is 9.84. The predicted octanol–water partition coefficient (Wildman–Crippen LogP) is 5.49. The minimum Gasteiger partial charge on any atom is -0.388 e. The van der Waals surface area contributed by atoms with Crippen LogP contribution < -0.4 is 11.1 Å². The van der Waals surface area contributed by atoms with Gasteiger partial charge in [0, 0.05) is 18.3 Å². The molecule has 2 nitrogen and oxygen atoms in total. The van der Waals surface area contributed by atoms with E-state index in [0.717, 1.165) is 18.9 Å². The summed E-state index contributed by atoms with van der Waals surface area (Å²) in [6.07, 6.45) is 11.2. The van der Waals surface area contributed by atoms with Gasteiger partial charge in [0.15, 0.2) is 0 Å². The molecular formula is C20H42N2. The fourth-order valence-electron chi connectivity index (χ4n) is 3.09. The van der Waals surface area contributed by atoms with Crippen LogP contribution in [-0.2, 0) is 0 Å². The van der Waals surface area contributed by atoms with Crippen molar-refractivity contribution in [1.82, 2.24) is 5.32 Å². The second kappa shape index (κ2) is 13.0. The van der Waals surface area contributed by atoms with E-state index in [4.69, 9.17) is 5.73 Å². The summed E-state index contributed by atoms with van der Waals surface area (Å²) in [6, 6.07) is 0.308. The monoisotopic (exact) mass is 310 g/mol. The Morgan fingerprint density at radius 2 is 1.73 bits per heavy atom. The summed E-state index contributed by atoms with van der Waals surface area (Å²) in [4.78, 5) is 0. The highest BCUT2D eigenvalue weighted by molar-refractivity contribution is 5.05. The number of hydrogen-bond acceptors (Lipinski definition) is 2. The van der Waals surface area contributed by atoms with Crippen LogP contribution in [0.15, 0.2) is 11.8 Å². The second-order valence-corrected chi connectivity index (χ2v) is 7.07. The first-order chi connectivity index (χ1) is 10.5. The Labute approximate surface area is 140 Å². The van der Waals surface area contributed by atoms with Crippen molar-refractivity contribution in [2.75, 3.05) is 6.54 Å². The first-order valence-corrected chi connectivity index (χ1v) is 9.67. The van der Waals surface area contributed by atoms with E-state index >= 15 is 0 Å². The van der Waals surface area contributed by atoms with Crippen molar-refractivity contribution < 1.29 is 0 Å². The molecule has 0 aromatic rings. The highest BCUT2D eigenvalue weighted by atomic mass is 14.9.